The Morgan fingerprint density at radius 3 is 2.66 bits per heavy atom. The highest BCUT2D eigenvalue weighted by Gasteiger charge is 2.16. The first-order chi connectivity index (χ1) is 15.7. The van der Waals surface area contributed by atoms with Crippen LogP contribution in [0.1, 0.15) is 42.7 Å². The third-order valence-corrected chi connectivity index (χ3v) is 6.20. The Hall–Kier alpha value is -2.45. The summed E-state index contributed by atoms with van der Waals surface area (Å²) < 4.78 is 11.1. The van der Waals surface area contributed by atoms with Crippen LogP contribution in [0.3, 0.4) is 0 Å². The Morgan fingerprint density at radius 1 is 1.09 bits per heavy atom. The van der Waals surface area contributed by atoms with Gasteiger partial charge in [0.25, 0.3) is 5.91 Å². The van der Waals surface area contributed by atoms with E-state index in [0.29, 0.717) is 18.1 Å². The zero-order valence-corrected chi connectivity index (χ0v) is 19.3. The molecule has 0 spiro atoms. The first-order valence-corrected chi connectivity index (χ1v) is 12.5. The molecule has 7 nitrogen and oxygen atoms in total. The molecule has 2 aromatic rings. The third kappa shape index (κ3) is 8.96. The van der Waals surface area contributed by atoms with E-state index in [0.717, 1.165) is 25.1 Å². The van der Waals surface area contributed by atoms with E-state index in [1.54, 1.807) is 12.1 Å². The summed E-state index contributed by atoms with van der Waals surface area (Å²) in [6.07, 6.45) is 6.74. The minimum absolute atomic E-state index is 0.0636. The molecule has 2 heterocycles. The topological polar surface area (TPSA) is 83.8 Å². The Bertz CT molecular complexity index is 795. The van der Waals surface area contributed by atoms with Crippen molar-refractivity contribution in [3.8, 4) is 5.75 Å². The van der Waals surface area contributed by atoms with Crippen LogP contribution in [0.25, 0.3) is 0 Å². The molecule has 0 saturated carbocycles. The number of likely N-dealkylation sites (tertiary alicyclic amines) is 1. The number of carbonyl (C=O) groups is 2. The van der Waals surface area contributed by atoms with Crippen molar-refractivity contribution in [1.82, 2.24) is 15.5 Å². The minimum Gasteiger partial charge on any atom is -0.471 e. The summed E-state index contributed by atoms with van der Waals surface area (Å²) in [7, 11) is 0. The zero-order chi connectivity index (χ0) is 22.4. The molecule has 1 aliphatic rings. The lowest BCUT2D eigenvalue weighted by atomic mass is 10.1. The van der Waals surface area contributed by atoms with Gasteiger partial charge in [0.1, 0.15) is 5.75 Å². The van der Waals surface area contributed by atoms with Crippen LogP contribution < -0.4 is 15.4 Å². The van der Waals surface area contributed by atoms with Crippen LogP contribution in [0.2, 0.25) is 0 Å². The van der Waals surface area contributed by atoms with Gasteiger partial charge in [-0.25, -0.2) is 0 Å². The standard InChI is InChI=1S/C24H33N3O4S/c28-22(19-32-18-13-25-24(29)21-11-8-17-30-21)26-23(31-20-9-3-1-4-10-20)12-7-16-27-14-5-2-6-15-27/h1,3-4,8-11,17,23H,2,5-7,12-16,18-19H2,(H,25,29)(H,26,28). The molecule has 0 aliphatic carbocycles. The summed E-state index contributed by atoms with van der Waals surface area (Å²) in [5, 5.41) is 5.80. The molecule has 1 aromatic heterocycles. The summed E-state index contributed by atoms with van der Waals surface area (Å²) in [6.45, 7) is 3.85. The largest absolute Gasteiger partial charge is 0.471 e. The summed E-state index contributed by atoms with van der Waals surface area (Å²) in [4.78, 5) is 26.8. The average molecular weight is 460 g/mol. The smallest absolute Gasteiger partial charge is 0.287 e. The first-order valence-electron chi connectivity index (χ1n) is 11.3. The van der Waals surface area contributed by atoms with Crippen LogP contribution in [-0.2, 0) is 4.79 Å². The molecule has 8 heteroatoms. The number of carbonyl (C=O) groups excluding carboxylic acids is 2. The molecule has 32 heavy (non-hydrogen) atoms. The number of para-hydroxylation sites is 1. The molecule has 0 bridgehead atoms. The van der Waals surface area contributed by atoms with Crippen LogP contribution in [0, 0.1) is 0 Å². The lowest BCUT2D eigenvalue weighted by Gasteiger charge is -2.27. The highest BCUT2D eigenvalue weighted by Crippen LogP contribution is 2.14. The Labute approximate surface area is 194 Å². The summed E-state index contributed by atoms with van der Waals surface area (Å²) >= 11 is 1.47. The van der Waals surface area contributed by atoms with Crippen molar-refractivity contribution >= 4 is 23.6 Å². The monoisotopic (exact) mass is 459 g/mol. The number of ether oxygens (including phenoxy) is 1. The van der Waals surface area contributed by atoms with Gasteiger partial charge in [0.2, 0.25) is 5.91 Å². The molecule has 0 radical (unpaired) electrons. The van der Waals surface area contributed by atoms with Gasteiger partial charge in [0.15, 0.2) is 12.0 Å². The number of nitrogens with one attached hydrogen (secondary N) is 2. The number of piperidine rings is 1. The predicted octanol–water partition coefficient (Wildman–Crippen LogP) is 3.53. The molecule has 1 atom stereocenters. The van der Waals surface area contributed by atoms with Crippen molar-refractivity contribution in [2.45, 2.75) is 38.3 Å². The first kappa shape index (κ1) is 24.2. The van der Waals surface area contributed by atoms with E-state index < -0.39 is 0 Å². The lowest BCUT2D eigenvalue weighted by molar-refractivity contribution is -0.121. The van der Waals surface area contributed by atoms with E-state index in [4.69, 9.17) is 9.15 Å². The van der Waals surface area contributed by atoms with E-state index in [1.807, 2.05) is 30.3 Å². The molecular formula is C24H33N3O4S. The van der Waals surface area contributed by atoms with Gasteiger partial charge in [0.05, 0.1) is 12.0 Å². The van der Waals surface area contributed by atoms with Crippen LogP contribution in [0.5, 0.6) is 5.75 Å². The molecular weight excluding hydrogens is 426 g/mol. The summed E-state index contributed by atoms with van der Waals surface area (Å²) in [5.74, 6) is 1.69. The zero-order valence-electron chi connectivity index (χ0n) is 18.5. The predicted molar refractivity (Wildman–Crippen MR) is 127 cm³/mol. The third-order valence-electron chi connectivity index (χ3n) is 5.24. The minimum atomic E-state index is -0.353. The lowest BCUT2D eigenvalue weighted by Crippen LogP contribution is -2.41. The van der Waals surface area contributed by atoms with Crippen LogP contribution in [-0.4, -0.2) is 60.6 Å². The van der Waals surface area contributed by atoms with Gasteiger partial charge in [-0.15, -0.1) is 0 Å². The molecule has 1 saturated heterocycles. The van der Waals surface area contributed by atoms with Gasteiger partial charge in [-0.05, 0) is 63.2 Å². The van der Waals surface area contributed by atoms with Gasteiger partial charge in [-0.2, -0.15) is 11.8 Å². The molecule has 2 amide bonds. The van der Waals surface area contributed by atoms with E-state index in [2.05, 4.69) is 15.5 Å². The second-order valence-corrected chi connectivity index (χ2v) is 8.92. The normalized spacial score (nSPS) is 15.1. The number of nitrogens with zero attached hydrogens (tertiary/aromatic N) is 1. The Kier molecular flexibility index (Phi) is 10.5. The molecule has 1 unspecified atom stereocenters. The highest BCUT2D eigenvalue weighted by atomic mass is 32.2. The van der Waals surface area contributed by atoms with E-state index in [9.17, 15) is 9.59 Å². The number of rotatable bonds is 13. The van der Waals surface area contributed by atoms with Gasteiger partial charge in [-0.3, -0.25) is 9.59 Å². The fourth-order valence-corrected chi connectivity index (χ4v) is 4.28. The molecule has 174 valence electrons. The number of amides is 2. The molecule has 1 aromatic carbocycles. The second kappa shape index (κ2) is 13.9. The maximum Gasteiger partial charge on any atom is 0.287 e. The molecule has 3 rings (SSSR count). The summed E-state index contributed by atoms with van der Waals surface area (Å²) in [6, 6.07) is 12.9. The van der Waals surface area contributed by atoms with E-state index in [-0.39, 0.29) is 23.8 Å². The van der Waals surface area contributed by atoms with Crippen molar-refractivity contribution in [2.24, 2.45) is 0 Å². The summed E-state index contributed by atoms with van der Waals surface area (Å²) in [5.41, 5.74) is 0. The maximum atomic E-state index is 12.5. The Morgan fingerprint density at radius 2 is 1.91 bits per heavy atom. The van der Waals surface area contributed by atoms with Crippen LogP contribution in [0.4, 0.5) is 0 Å². The second-order valence-electron chi connectivity index (χ2n) is 7.82. The quantitative estimate of drug-likeness (QED) is 0.352. The Balaban J connectivity index is 1.36. The van der Waals surface area contributed by atoms with Crippen LogP contribution in [0.15, 0.2) is 53.1 Å². The SMILES string of the molecule is O=C(CSCCNC(=O)c1ccco1)NC(CCCN1CCCCC1)Oc1ccccc1. The maximum absolute atomic E-state index is 12.5. The number of hydrogen-bond acceptors (Lipinski definition) is 6. The van der Waals surface area contributed by atoms with E-state index in [1.165, 1.54) is 50.4 Å². The van der Waals surface area contributed by atoms with Gasteiger partial charge >= 0.3 is 0 Å². The van der Waals surface area contributed by atoms with Crippen molar-refractivity contribution in [2.75, 3.05) is 37.7 Å². The van der Waals surface area contributed by atoms with Crippen molar-refractivity contribution < 1.29 is 18.7 Å². The number of furan rings is 1. The van der Waals surface area contributed by atoms with Gasteiger partial charge < -0.3 is 24.7 Å². The number of hydrogen-bond donors (Lipinski definition) is 2. The van der Waals surface area contributed by atoms with Gasteiger partial charge in [-0.1, -0.05) is 24.6 Å². The highest BCUT2D eigenvalue weighted by molar-refractivity contribution is 7.99. The number of thioether (sulfide) groups is 1. The van der Waals surface area contributed by atoms with Crippen molar-refractivity contribution in [1.29, 1.82) is 0 Å². The molecule has 2 N–H and O–H groups in total. The van der Waals surface area contributed by atoms with Crippen molar-refractivity contribution in [3.63, 3.8) is 0 Å². The molecule has 1 aliphatic heterocycles. The van der Waals surface area contributed by atoms with Crippen molar-refractivity contribution in [3.05, 3.63) is 54.5 Å². The fourth-order valence-electron chi connectivity index (χ4n) is 3.62. The van der Waals surface area contributed by atoms with E-state index >= 15 is 0 Å². The fraction of sp³-hybridized carbons (Fsp3) is 0.500. The van der Waals surface area contributed by atoms with Crippen LogP contribution >= 0.6 is 11.8 Å². The van der Waals surface area contributed by atoms with Gasteiger partial charge in [0, 0.05) is 18.7 Å². The molecule has 1 fully saturated rings. The average Bonchev–Trinajstić information content (AvgIpc) is 3.35. The number of benzene rings is 1.